The van der Waals surface area contributed by atoms with Crippen LogP contribution in [0.5, 0.6) is 0 Å². The van der Waals surface area contributed by atoms with E-state index in [9.17, 15) is 4.39 Å². The molecule has 0 aliphatic carbocycles. The molecule has 2 aliphatic rings. The van der Waals surface area contributed by atoms with Gasteiger partial charge in [0.15, 0.2) is 0 Å². The third kappa shape index (κ3) is 1.20. The molecule has 0 unspecified atom stereocenters. The molecule has 2 aromatic rings. The van der Waals surface area contributed by atoms with Crippen LogP contribution in [-0.2, 0) is 6.54 Å². The number of aromatic nitrogens is 1. The van der Waals surface area contributed by atoms with Crippen LogP contribution in [0.25, 0.3) is 16.5 Å². The van der Waals surface area contributed by atoms with E-state index in [1.165, 1.54) is 5.57 Å². The van der Waals surface area contributed by atoms with E-state index in [2.05, 4.69) is 34.9 Å². The van der Waals surface area contributed by atoms with E-state index in [1.807, 2.05) is 6.07 Å². The van der Waals surface area contributed by atoms with Gasteiger partial charge in [0.1, 0.15) is 5.82 Å². The van der Waals surface area contributed by atoms with E-state index in [1.54, 1.807) is 6.07 Å². The number of hydrogen-bond acceptors (Lipinski definition) is 1. The summed E-state index contributed by atoms with van der Waals surface area (Å²) in [6.45, 7) is 1.99. The van der Waals surface area contributed by atoms with E-state index in [-0.39, 0.29) is 5.82 Å². The quantitative estimate of drug-likeness (QED) is 0.689. The molecule has 0 fully saturated rings. The lowest BCUT2D eigenvalue weighted by molar-refractivity contribution is 0.260. The van der Waals surface area contributed by atoms with Crippen molar-refractivity contribution in [3.05, 3.63) is 41.9 Å². The Bertz CT molecular complexity index is 668. The molecule has 1 aromatic carbocycles. The van der Waals surface area contributed by atoms with Gasteiger partial charge in [-0.1, -0.05) is 6.08 Å². The summed E-state index contributed by atoms with van der Waals surface area (Å²) in [5.74, 6) is -0.0892. The lowest BCUT2D eigenvalue weighted by Gasteiger charge is -2.37. The van der Waals surface area contributed by atoms with Crippen molar-refractivity contribution in [2.45, 2.75) is 19.0 Å². The predicted molar refractivity (Wildman–Crippen MR) is 70.9 cm³/mol. The van der Waals surface area contributed by atoms with Crippen LogP contribution in [0.1, 0.15) is 12.0 Å². The molecule has 4 rings (SSSR count). The van der Waals surface area contributed by atoms with Crippen LogP contribution in [0, 0.1) is 5.82 Å². The van der Waals surface area contributed by atoms with Gasteiger partial charge in [0, 0.05) is 30.2 Å². The SMILES string of the molecule is CN1CCC=C2c3c(F)ccc4ccn(c34)C[C@@H]21. The molecule has 3 heterocycles. The van der Waals surface area contributed by atoms with Crippen molar-refractivity contribution in [3.8, 4) is 0 Å². The molecule has 0 saturated heterocycles. The zero-order valence-corrected chi connectivity index (χ0v) is 10.4. The molecular weight excluding hydrogens is 227 g/mol. The summed E-state index contributed by atoms with van der Waals surface area (Å²) in [7, 11) is 2.13. The Balaban J connectivity index is 2.08. The van der Waals surface area contributed by atoms with Crippen LogP contribution in [0.3, 0.4) is 0 Å². The second-order valence-electron chi connectivity index (χ2n) is 5.27. The number of rotatable bonds is 0. The predicted octanol–water partition coefficient (Wildman–Crippen LogP) is 2.88. The summed E-state index contributed by atoms with van der Waals surface area (Å²) < 4.78 is 16.4. The van der Waals surface area contributed by atoms with Gasteiger partial charge >= 0.3 is 0 Å². The van der Waals surface area contributed by atoms with Crippen LogP contribution < -0.4 is 0 Å². The Morgan fingerprint density at radius 1 is 1.28 bits per heavy atom. The second-order valence-corrected chi connectivity index (χ2v) is 5.27. The lowest BCUT2D eigenvalue weighted by atomic mass is 9.89. The summed E-state index contributed by atoms with van der Waals surface area (Å²) >= 11 is 0. The van der Waals surface area contributed by atoms with Crippen LogP contribution in [0.2, 0.25) is 0 Å². The average Bonchev–Trinajstić information content (AvgIpc) is 2.78. The molecule has 3 heteroatoms. The minimum absolute atomic E-state index is 0.0892. The van der Waals surface area contributed by atoms with Crippen molar-refractivity contribution in [2.75, 3.05) is 13.6 Å². The van der Waals surface area contributed by atoms with Gasteiger partial charge in [-0.15, -0.1) is 0 Å². The Hall–Kier alpha value is -1.61. The van der Waals surface area contributed by atoms with Gasteiger partial charge in [-0.3, -0.25) is 4.90 Å². The number of fused-ring (bicyclic) bond motifs is 2. The van der Waals surface area contributed by atoms with Crippen LogP contribution in [0.4, 0.5) is 4.39 Å². The maximum atomic E-state index is 14.2. The molecule has 1 aromatic heterocycles. The number of halogens is 1. The summed E-state index contributed by atoms with van der Waals surface area (Å²) in [4.78, 5) is 2.33. The first kappa shape index (κ1) is 10.3. The van der Waals surface area contributed by atoms with Crippen LogP contribution >= 0.6 is 0 Å². The fourth-order valence-corrected chi connectivity index (χ4v) is 3.34. The van der Waals surface area contributed by atoms with E-state index in [0.29, 0.717) is 6.04 Å². The van der Waals surface area contributed by atoms with E-state index in [0.717, 1.165) is 36.0 Å². The van der Waals surface area contributed by atoms with Crippen molar-refractivity contribution in [2.24, 2.45) is 0 Å². The van der Waals surface area contributed by atoms with Crippen molar-refractivity contribution in [1.82, 2.24) is 9.47 Å². The standard InChI is InChI=1S/C15H15FN2/c1-17-7-2-3-11-13(17)9-18-8-6-10-4-5-12(16)14(11)15(10)18/h3-6,8,13H,2,7,9H2,1H3/t13-/m0/s1. The second kappa shape index (κ2) is 3.45. The highest BCUT2D eigenvalue weighted by atomic mass is 19.1. The van der Waals surface area contributed by atoms with Gasteiger partial charge in [-0.25, -0.2) is 4.39 Å². The number of benzene rings is 1. The van der Waals surface area contributed by atoms with Crippen molar-refractivity contribution in [1.29, 1.82) is 0 Å². The van der Waals surface area contributed by atoms with E-state index < -0.39 is 0 Å². The average molecular weight is 242 g/mol. The highest BCUT2D eigenvalue weighted by Gasteiger charge is 2.31. The fourth-order valence-electron chi connectivity index (χ4n) is 3.34. The summed E-state index contributed by atoms with van der Waals surface area (Å²) in [5.41, 5.74) is 3.06. The fraction of sp³-hybridized carbons (Fsp3) is 0.333. The van der Waals surface area contributed by atoms with Gasteiger partial charge in [0.05, 0.1) is 11.6 Å². The summed E-state index contributed by atoms with van der Waals surface area (Å²) in [6, 6.07) is 5.87. The molecule has 0 bridgehead atoms. The summed E-state index contributed by atoms with van der Waals surface area (Å²) in [6.07, 6.45) is 5.31. The zero-order valence-electron chi connectivity index (χ0n) is 10.4. The smallest absolute Gasteiger partial charge is 0.132 e. The van der Waals surface area contributed by atoms with Gasteiger partial charge < -0.3 is 4.57 Å². The number of nitrogens with zero attached hydrogens (tertiary/aromatic N) is 2. The maximum Gasteiger partial charge on any atom is 0.132 e. The Labute approximate surface area is 105 Å². The monoisotopic (exact) mass is 242 g/mol. The Morgan fingerprint density at radius 3 is 3.06 bits per heavy atom. The summed E-state index contributed by atoms with van der Waals surface area (Å²) in [5, 5.41) is 1.14. The molecule has 0 N–H and O–H groups in total. The van der Waals surface area contributed by atoms with Crippen molar-refractivity contribution < 1.29 is 4.39 Å². The minimum Gasteiger partial charge on any atom is -0.345 e. The number of likely N-dealkylation sites (N-methyl/N-ethyl adjacent to an activating group) is 1. The van der Waals surface area contributed by atoms with Gasteiger partial charge in [0.25, 0.3) is 0 Å². The molecular formula is C15H15FN2. The lowest BCUT2D eigenvalue weighted by Crippen LogP contribution is -2.41. The molecule has 0 radical (unpaired) electrons. The normalized spacial score (nSPS) is 23.0. The highest BCUT2D eigenvalue weighted by molar-refractivity contribution is 5.95. The molecule has 92 valence electrons. The number of hydrogen-bond donors (Lipinski definition) is 0. The van der Waals surface area contributed by atoms with Crippen LogP contribution in [-0.4, -0.2) is 29.1 Å². The van der Waals surface area contributed by atoms with E-state index >= 15 is 0 Å². The maximum absolute atomic E-state index is 14.2. The molecule has 0 spiro atoms. The highest BCUT2D eigenvalue weighted by Crippen LogP contribution is 2.38. The largest absolute Gasteiger partial charge is 0.345 e. The third-order valence-corrected chi connectivity index (χ3v) is 4.27. The molecule has 0 amide bonds. The molecule has 1 atom stereocenters. The third-order valence-electron chi connectivity index (χ3n) is 4.27. The van der Waals surface area contributed by atoms with Crippen molar-refractivity contribution >= 4 is 16.5 Å². The Morgan fingerprint density at radius 2 is 2.17 bits per heavy atom. The van der Waals surface area contributed by atoms with Crippen molar-refractivity contribution in [3.63, 3.8) is 0 Å². The first-order valence-corrected chi connectivity index (χ1v) is 6.44. The topological polar surface area (TPSA) is 8.17 Å². The first-order valence-electron chi connectivity index (χ1n) is 6.44. The molecule has 2 nitrogen and oxygen atoms in total. The van der Waals surface area contributed by atoms with Gasteiger partial charge in [0.2, 0.25) is 0 Å². The minimum atomic E-state index is -0.0892. The zero-order chi connectivity index (χ0) is 12.3. The Kier molecular flexibility index (Phi) is 1.98. The molecule has 18 heavy (non-hydrogen) atoms. The molecule has 2 aliphatic heterocycles. The first-order chi connectivity index (χ1) is 8.75. The van der Waals surface area contributed by atoms with Gasteiger partial charge in [-0.05, 0) is 37.2 Å². The van der Waals surface area contributed by atoms with Gasteiger partial charge in [-0.2, -0.15) is 0 Å². The molecule has 0 saturated carbocycles. The van der Waals surface area contributed by atoms with Crippen LogP contribution in [0.15, 0.2) is 30.5 Å². The van der Waals surface area contributed by atoms with E-state index in [4.69, 9.17) is 0 Å².